The summed E-state index contributed by atoms with van der Waals surface area (Å²) in [6.45, 7) is 1.00. The Labute approximate surface area is 158 Å². The number of aryl methyl sites for hydroxylation is 1. The minimum Gasteiger partial charge on any atom is -0.352 e. The van der Waals surface area contributed by atoms with E-state index < -0.39 is 10.0 Å². The maximum absolute atomic E-state index is 11.4. The first-order valence-corrected chi connectivity index (χ1v) is 8.48. The van der Waals surface area contributed by atoms with Crippen molar-refractivity contribution in [2.45, 2.75) is 18.0 Å². The van der Waals surface area contributed by atoms with Gasteiger partial charge in [-0.15, -0.1) is 24.0 Å². The Hall–Kier alpha value is -1.66. The van der Waals surface area contributed by atoms with E-state index in [-0.39, 0.29) is 28.9 Å². The van der Waals surface area contributed by atoms with E-state index in [1.165, 1.54) is 12.1 Å². The predicted octanol–water partition coefficient (Wildman–Crippen LogP) is 0.551. The van der Waals surface area contributed by atoms with Gasteiger partial charge < -0.3 is 10.6 Å². The van der Waals surface area contributed by atoms with Gasteiger partial charge in [-0.2, -0.15) is 5.10 Å². The van der Waals surface area contributed by atoms with E-state index in [1.807, 2.05) is 19.2 Å². The molecule has 2 aromatic rings. The molecule has 4 N–H and O–H groups in total. The number of nitrogens with zero attached hydrogens (tertiary/aromatic N) is 3. The Balaban J connectivity index is 0.00000288. The quantitative estimate of drug-likeness (QED) is 0.340. The van der Waals surface area contributed by atoms with E-state index >= 15 is 0 Å². The first kappa shape index (κ1) is 20.4. The van der Waals surface area contributed by atoms with E-state index in [0.717, 1.165) is 11.3 Å². The van der Waals surface area contributed by atoms with Crippen molar-refractivity contribution in [2.75, 3.05) is 7.05 Å². The van der Waals surface area contributed by atoms with Crippen LogP contribution in [0.25, 0.3) is 0 Å². The van der Waals surface area contributed by atoms with Crippen molar-refractivity contribution in [3.8, 4) is 0 Å². The number of hydrogen-bond donors (Lipinski definition) is 3. The molecule has 2 rings (SSSR count). The predicted molar refractivity (Wildman–Crippen MR) is 103 cm³/mol. The van der Waals surface area contributed by atoms with Crippen molar-refractivity contribution in [1.29, 1.82) is 0 Å². The van der Waals surface area contributed by atoms with Gasteiger partial charge in [-0.25, -0.2) is 13.6 Å². The van der Waals surface area contributed by atoms with Gasteiger partial charge in [0, 0.05) is 26.8 Å². The molecule has 10 heteroatoms. The molecule has 24 heavy (non-hydrogen) atoms. The molecule has 0 amide bonds. The van der Waals surface area contributed by atoms with Gasteiger partial charge in [-0.3, -0.25) is 9.67 Å². The van der Waals surface area contributed by atoms with Crippen LogP contribution in [0.4, 0.5) is 0 Å². The number of nitrogens with one attached hydrogen (secondary N) is 2. The van der Waals surface area contributed by atoms with Crippen LogP contribution in [0.1, 0.15) is 11.3 Å². The molecule has 0 fully saturated rings. The summed E-state index contributed by atoms with van der Waals surface area (Å²) in [6.07, 6.45) is 1.73. The lowest BCUT2D eigenvalue weighted by atomic mass is 10.2. The lowest BCUT2D eigenvalue weighted by Gasteiger charge is -2.12. The van der Waals surface area contributed by atoms with Crippen molar-refractivity contribution < 1.29 is 8.42 Å². The third kappa shape index (κ3) is 5.76. The summed E-state index contributed by atoms with van der Waals surface area (Å²) in [4.78, 5) is 4.22. The summed E-state index contributed by atoms with van der Waals surface area (Å²) in [6, 6.07) is 8.39. The fraction of sp³-hybridized carbons (Fsp3) is 0.286. The molecule has 1 heterocycles. The lowest BCUT2D eigenvalue weighted by Crippen LogP contribution is -2.36. The smallest absolute Gasteiger partial charge is 0.238 e. The Morgan fingerprint density at radius 1 is 1.29 bits per heavy atom. The van der Waals surface area contributed by atoms with E-state index in [9.17, 15) is 8.42 Å². The van der Waals surface area contributed by atoms with Gasteiger partial charge in [0.2, 0.25) is 10.0 Å². The van der Waals surface area contributed by atoms with Crippen LogP contribution < -0.4 is 15.8 Å². The van der Waals surface area contributed by atoms with Crippen LogP contribution in [-0.4, -0.2) is 31.2 Å². The average Bonchev–Trinajstić information content (AvgIpc) is 2.92. The van der Waals surface area contributed by atoms with Crippen molar-refractivity contribution in [3.63, 3.8) is 0 Å². The molecule has 1 aromatic heterocycles. The molecule has 1 aromatic carbocycles. The molecule has 0 bridgehead atoms. The van der Waals surface area contributed by atoms with Crippen LogP contribution in [0.2, 0.25) is 0 Å². The molecule has 0 aliphatic carbocycles. The maximum Gasteiger partial charge on any atom is 0.238 e. The maximum atomic E-state index is 11.4. The lowest BCUT2D eigenvalue weighted by molar-refractivity contribution is 0.597. The average molecular weight is 464 g/mol. The molecule has 0 aliphatic rings. The minimum absolute atomic E-state index is 0. The Bertz CT molecular complexity index is 803. The minimum atomic E-state index is -3.70. The third-order valence-corrected chi connectivity index (χ3v) is 4.18. The van der Waals surface area contributed by atoms with Gasteiger partial charge in [0.25, 0.3) is 0 Å². The zero-order chi connectivity index (χ0) is 16.9. The molecule has 132 valence electrons. The van der Waals surface area contributed by atoms with E-state index in [1.54, 1.807) is 24.0 Å². The number of aliphatic imine (C=N–C) groups is 1. The van der Waals surface area contributed by atoms with Crippen LogP contribution in [0.5, 0.6) is 0 Å². The summed E-state index contributed by atoms with van der Waals surface area (Å²) < 4.78 is 24.5. The first-order chi connectivity index (χ1) is 10.9. The number of nitrogens with two attached hydrogens (primary N) is 1. The number of hydrogen-bond acceptors (Lipinski definition) is 4. The highest BCUT2D eigenvalue weighted by atomic mass is 127. The fourth-order valence-electron chi connectivity index (χ4n) is 1.99. The zero-order valence-electron chi connectivity index (χ0n) is 13.4. The molecular formula is C14H21IN6O2S. The molecular weight excluding hydrogens is 443 g/mol. The number of sulfonamides is 1. The van der Waals surface area contributed by atoms with E-state index in [4.69, 9.17) is 5.14 Å². The van der Waals surface area contributed by atoms with Gasteiger partial charge in [0.1, 0.15) is 0 Å². The van der Waals surface area contributed by atoms with Crippen molar-refractivity contribution >= 4 is 40.0 Å². The normalized spacial score (nSPS) is 11.7. The van der Waals surface area contributed by atoms with Gasteiger partial charge in [-0.05, 0) is 23.8 Å². The van der Waals surface area contributed by atoms with Crippen molar-refractivity contribution in [1.82, 2.24) is 20.4 Å². The van der Waals surface area contributed by atoms with Crippen LogP contribution in [0, 0.1) is 0 Å². The molecule has 0 spiro atoms. The van der Waals surface area contributed by atoms with Gasteiger partial charge >= 0.3 is 0 Å². The first-order valence-electron chi connectivity index (χ1n) is 6.93. The molecule has 0 saturated carbocycles. The number of halogens is 1. The second-order valence-electron chi connectivity index (χ2n) is 4.92. The molecule has 0 atom stereocenters. The highest BCUT2D eigenvalue weighted by Crippen LogP contribution is 2.09. The zero-order valence-corrected chi connectivity index (χ0v) is 16.6. The number of primary sulfonamides is 1. The Kier molecular flexibility index (Phi) is 7.63. The van der Waals surface area contributed by atoms with Crippen LogP contribution in [-0.2, 0) is 30.2 Å². The SMILES string of the molecule is CN=C(NCc1cccc(S(N)(=O)=O)c1)NCc1ccnn1C.I. The molecule has 0 radical (unpaired) electrons. The summed E-state index contributed by atoms with van der Waals surface area (Å²) in [5, 5.41) is 15.5. The monoisotopic (exact) mass is 464 g/mol. The molecule has 8 nitrogen and oxygen atoms in total. The Morgan fingerprint density at radius 3 is 2.58 bits per heavy atom. The topological polar surface area (TPSA) is 114 Å². The number of benzene rings is 1. The number of guanidine groups is 1. The summed E-state index contributed by atoms with van der Waals surface area (Å²) >= 11 is 0. The highest BCUT2D eigenvalue weighted by molar-refractivity contribution is 14.0. The number of aromatic nitrogens is 2. The van der Waals surface area contributed by atoms with Crippen molar-refractivity contribution in [3.05, 3.63) is 47.8 Å². The second kappa shape index (κ2) is 8.99. The van der Waals surface area contributed by atoms with E-state index in [0.29, 0.717) is 19.0 Å². The summed E-state index contributed by atoms with van der Waals surface area (Å²) in [7, 11) is -0.164. The molecule has 0 saturated heterocycles. The van der Waals surface area contributed by atoms with E-state index in [2.05, 4.69) is 20.7 Å². The second-order valence-corrected chi connectivity index (χ2v) is 6.48. The summed E-state index contributed by atoms with van der Waals surface area (Å²) in [5.41, 5.74) is 1.81. The molecule has 0 unspecified atom stereocenters. The number of rotatable bonds is 5. The third-order valence-electron chi connectivity index (χ3n) is 3.27. The highest BCUT2D eigenvalue weighted by Gasteiger charge is 2.08. The van der Waals surface area contributed by atoms with Crippen LogP contribution >= 0.6 is 24.0 Å². The largest absolute Gasteiger partial charge is 0.352 e. The van der Waals surface area contributed by atoms with Gasteiger partial charge in [-0.1, -0.05) is 12.1 Å². The van der Waals surface area contributed by atoms with Crippen LogP contribution in [0.3, 0.4) is 0 Å². The van der Waals surface area contributed by atoms with Gasteiger partial charge in [0.05, 0.1) is 17.1 Å². The van der Waals surface area contributed by atoms with Gasteiger partial charge in [0.15, 0.2) is 5.96 Å². The molecule has 0 aliphatic heterocycles. The Morgan fingerprint density at radius 2 is 2.00 bits per heavy atom. The summed E-state index contributed by atoms with van der Waals surface area (Å²) in [5.74, 6) is 0.604. The standard InChI is InChI=1S/C14H20N6O2S.HI/c1-16-14(18-10-12-6-7-19-20(12)2)17-9-11-4-3-5-13(8-11)23(15,21)22;/h3-8H,9-10H2,1-2H3,(H2,15,21,22)(H2,16,17,18);1H. The fourth-order valence-corrected chi connectivity index (χ4v) is 2.57. The van der Waals surface area contributed by atoms with Crippen molar-refractivity contribution in [2.24, 2.45) is 17.2 Å². The van der Waals surface area contributed by atoms with Crippen LogP contribution in [0.15, 0.2) is 46.4 Å².